The largest absolute Gasteiger partial charge is 0.497 e. The van der Waals surface area contributed by atoms with Gasteiger partial charge >= 0.3 is 0 Å². The third kappa shape index (κ3) is 4.63. The number of benzene rings is 1. The second kappa shape index (κ2) is 8.03. The molecule has 1 aliphatic rings. The highest BCUT2D eigenvalue weighted by Gasteiger charge is 2.20. The summed E-state index contributed by atoms with van der Waals surface area (Å²) in [6, 6.07) is 5.40. The van der Waals surface area contributed by atoms with Crippen LogP contribution in [0.3, 0.4) is 0 Å². The molecule has 0 spiro atoms. The normalized spacial score (nSPS) is 21.2. The van der Waals surface area contributed by atoms with E-state index in [9.17, 15) is 4.79 Å². The number of amides is 1. The molecule has 5 nitrogen and oxygen atoms in total. The molecule has 2 rings (SSSR count). The molecule has 1 aromatic carbocycles. The number of rotatable bonds is 6. The van der Waals surface area contributed by atoms with Crippen LogP contribution in [0.5, 0.6) is 11.5 Å². The van der Waals surface area contributed by atoms with Crippen molar-refractivity contribution in [1.29, 1.82) is 0 Å². The molecule has 122 valence electrons. The number of nitrogens with one attached hydrogen (secondary N) is 2. The van der Waals surface area contributed by atoms with Crippen molar-refractivity contribution >= 4 is 11.6 Å². The van der Waals surface area contributed by atoms with Crippen molar-refractivity contribution in [2.24, 2.45) is 5.92 Å². The first-order valence-electron chi connectivity index (χ1n) is 7.97. The zero-order chi connectivity index (χ0) is 15.9. The highest BCUT2D eigenvalue weighted by atomic mass is 16.5. The summed E-state index contributed by atoms with van der Waals surface area (Å²) in [5.41, 5.74) is 0.661. The summed E-state index contributed by atoms with van der Waals surface area (Å²) in [6.07, 6.45) is 3.11. The number of ether oxygens (including phenoxy) is 2. The average Bonchev–Trinajstić information content (AvgIpc) is 2.53. The maximum atomic E-state index is 12.2. The van der Waals surface area contributed by atoms with E-state index < -0.39 is 0 Å². The lowest BCUT2D eigenvalue weighted by atomic mass is 10.0. The Balaban J connectivity index is 1.88. The number of likely N-dealkylation sites (tertiary alicyclic amines) is 1. The van der Waals surface area contributed by atoms with Crippen molar-refractivity contribution < 1.29 is 19.2 Å². The van der Waals surface area contributed by atoms with E-state index in [1.165, 1.54) is 30.8 Å². The molecule has 2 atom stereocenters. The van der Waals surface area contributed by atoms with E-state index in [1.54, 1.807) is 26.4 Å². The molecule has 0 radical (unpaired) electrons. The molecular weight excluding hydrogens is 280 g/mol. The lowest BCUT2D eigenvalue weighted by molar-refractivity contribution is -0.907. The van der Waals surface area contributed by atoms with E-state index >= 15 is 0 Å². The fourth-order valence-corrected chi connectivity index (χ4v) is 3.04. The fraction of sp³-hybridized carbons (Fsp3) is 0.588. The summed E-state index contributed by atoms with van der Waals surface area (Å²) in [5.74, 6) is 2.14. The smallest absolute Gasteiger partial charge is 0.230 e. The van der Waals surface area contributed by atoms with Crippen molar-refractivity contribution in [3.63, 3.8) is 0 Å². The van der Waals surface area contributed by atoms with Gasteiger partial charge in [0.25, 0.3) is 0 Å². The minimum absolute atomic E-state index is 0.0253. The van der Waals surface area contributed by atoms with Crippen LogP contribution in [0.4, 0.5) is 5.69 Å². The quantitative estimate of drug-likeness (QED) is 0.834. The number of carbonyl (C=O) groups excluding carboxylic acids is 1. The van der Waals surface area contributed by atoms with E-state index in [0.717, 1.165) is 12.5 Å². The summed E-state index contributed by atoms with van der Waals surface area (Å²) in [7, 11) is 3.20. The zero-order valence-electron chi connectivity index (χ0n) is 13.8. The van der Waals surface area contributed by atoms with Gasteiger partial charge in [-0.3, -0.25) is 4.79 Å². The van der Waals surface area contributed by atoms with Crippen molar-refractivity contribution in [3.05, 3.63) is 18.2 Å². The molecule has 22 heavy (non-hydrogen) atoms. The minimum Gasteiger partial charge on any atom is -0.497 e. The molecule has 0 bridgehead atoms. The van der Waals surface area contributed by atoms with Crippen molar-refractivity contribution in [2.45, 2.75) is 26.2 Å². The third-order valence-electron chi connectivity index (χ3n) is 4.25. The number of hydrogen-bond acceptors (Lipinski definition) is 3. The van der Waals surface area contributed by atoms with Gasteiger partial charge < -0.3 is 19.7 Å². The van der Waals surface area contributed by atoms with E-state index in [0.29, 0.717) is 23.6 Å². The van der Waals surface area contributed by atoms with Crippen LogP contribution in [0.25, 0.3) is 0 Å². The lowest BCUT2D eigenvalue weighted by Gasteiger charge is -2.27. The van der Waals surface area contributed by atoms with E-state index in [4.69, 9.17) is 9.47 Å². The van der Waals surface area contributed by atoms with Crippen LogP contribution >= 0.6 is 0 Å². The molecule has 5 heteroatoms. The Morgan fingerprint density at radius 3 is 2.86 bits per heavy atom. The number of anilines is 1. The van der Waals surface area contributed by atoms with Gasteiger partial charge in [-0.25, -0.2) is 0 Å². The number of hydrogen-bond donors (Lipinski definition) is 2. The summed E-state index contributed by atoms with van der Waals surface area (Å²) in [4.78, 5) is 13.7. The molecule has 2 N–H and O–H groups in total. The van der Waals surface area contributed by atoms with Crippen LogP contribution in [0.2, 0.25) is 0 Å². The van der Waals surface area contributed by atoms with Gasteiger partial charge in [-0.2, -0.15) is 0 Å². The highest BCUT2D eigenvalue weighted by Crippen LogP contribution is 2.28. The summed E-state index contributed by atoms with van der Waals surface area (Å²) >= 11 is 0. The van der Waals surface area contributed by atoms with Gasteiger partial charge in [0.1, 0.15) is 11.5 Å². The van der Waals surface area contributed by atoms with Crippen LogP contribution in [0, 0.1) is 5.92 Å². The second-order valence-electron chi connectivity index (χ2n) is 6.07. The molecule has 1 heterocycles. The lowest BCUT2D eigenvalue weighted by Crippen LogP contribution is -3.13. The first kappa shape index (κ1) is 16.6. The highest BCUT2D eigenvalue weighted by molar-refractivity contribution is 5.92. The van der Waals surface area contributed by atoms with Gasteiger partial charge in [-0.05, 0) is 25.0 Å². The van der Waals surface area contributed by atoms with Crippen molar-refractivity contribution in [3.8, 4) is 11.5 Å². The molecule has 0 saturated carbocycles. The van der Waals surface area contributed by atoms with Crippen LogP contribution in [0.1, 0.15) is 26.2 Å². The van der Waals surface area contributed by atoms with Gasteiger partial charge in [0, 0.05) is 12.0 Å². The van der Waals surface area contributed by atoms with Gasteiger partial charge in [-0.1, -0.05) is 6.92 Å². The SMILES string of the molecule is COc1ccc(OC)c(NC(=O)CC[NH+]2CCC[C@@H](C)C2)c1. The molecule has 1 amide bonds. The summed E-state index contributed by atoms with van der Waals surface area (Å²) < 4.78 is 10.5. The average molecular weight is 307 g/mol. The Hall–Kier alpha value is -1.75. The number of piperidine rings is 1. The molecule has 0 aliphatic carbocycles. The second-order valence-corrected chi connectivity index (χ2v) is 6.07. The van der Waals surface area contributed by atoms with E-state index in [2.05, 4.69) is 12.2 Å². The maximum absolute atomic E-state index is 12.2. The minimum atomic E-state index is 0.0253. The predicted octanol–water partition coefficient (Wildman–Crippen LogP) is 1.35. The van der Waals surface area contributed by atoms with Crippen LogP contribution in [-0.4, -0.2) is 39.8 Å². The standard InChI is InChI=1S/C17H26N2O3/c1-13-5-4-9-19(12-13)10-8-17(20)18-15-11-14(21-2)6-7-16(15)22-3/h6-7,11,13H,4-5,8-10,12H2,1-3H3,(H,18,20)/p+1/t13-/m1/s1. The van der Waals surface area contributed by atoms with E-state index in [1.807, 2.05) is 6.07 Å². The van der Waals surface area contributed by atoms with Crippen molar-refractivity contribution in [1.82, 2.24) is 0 Å². The Morgan fingerprint density at radius 1 is 1.36 bits per heavy atom. The molecule has 1 aliphatic heterocycles. The van der Waals surface area contributed by atoms with Gasteiger partial charge in [0.05, 0.1) is 46.0 Å². The third-order valence-corrected chi connectivity index (χ3v) is 4.25. The Morgan fingerprint density at radius 2 is 2.18 bits per heavy atom. The van der Waals surface area contributed by atoms with E-state index in [-0.39, 0.29) is 5.91 Å². The molecular formula is C17H27N2O3+. The molecule has 1 unspecified atom stereocenters. The molecule has 1 fully saturated rings. The first-order chi connectivity index (χ1) is 10.6. The number of carbonyl (C=O) groups is 1. The summed E-state index contributed by atoms with van der Waals surface area (Å²) in [6.45, 7) is 5.54. The van der Waals surface area contributed by atoms with Crippen LogP contribution in [-0.2, 0) is 4.79 Å². The summed E-state index contributed by atoms with van der Waals surface area (Å²) in [5, 5.41) is 2.93. The topological polar surface area (TPSA) is 52.0 Å². The van der Waals surface area contributed by atoms with Crippen molar-refractivity contribution in [2.75, 3.05) is 39.2 Å². The monoisotopic (exact) mass is 307 g/mol. The zero-order valence-corrected chi connectivity index (χ0v) is 13.8. The van der Waals surface area contributed by atoms with Crippen LogP contribution < -0.4 is 19.7 Å². The maximum Gasteiger partial charge on any atom is 0.230 e. The predicted molar refractivity (Wildman–Crippen MR) is 86.8 cm³/mol. The number of methoxy groups -OCH3 is 2. The van der Waals surface area contributed by atoms with Gasteiger partial charge in [0.15, 0.2) is 0 Å². The number of quaternary nitrogens is 1. The van der Waals surface area contributed by atoms with Gasteiger partial charge in [-0.15, -0.1) is 0 Å². The van der Waals surface area contributed by atoms with Crippen LogP contribution in [0.15, 0.2) is 18.2 Å². The Kier molecular flexibility index (Phi) is 6.07. The fourth-order valence-electron chi connectivity index (χ4n) is 3.04. The molecule has 0 aromatic heterocycles. The van der Waals surface area contributed by atoms with Gasteiger partial charge in [0.2, 0.25) is 5.91 Å². The Labute approximate surface area is 132 Å². The first-order valence-corrected chi connectivity index (χ1v) is 7.97. The Bertz CT molecular complexity index is 505. The molecule has 1 aromatic rings. The molecule has 1 saturated heterocycles.